The highest BCUT2D eigenvalue weighted by atomic mass is 16.8. The molecule has 0 aromatic heterocycles. The number of aliphatic hydroxyl groups is 2. The van der Waals surface area contributed by atoms with Crippen LogP contribution < -0.4 is 5.32 Å². The number of hydrogen-bond donors (Lipinski definition) is 3. The molecule has 284 valence electrons. The van der Waals surface area contributed by atoms with E-state index < -0.39 is 65.5 Å². The van der Waals surface area contributed by atoms with Crippen LogP contribution in [0.1, 0.15) is 34.2 Å². The number of esters is 1. The van der Waals surface area contributed by atoms with Crippen molar-refractivity contribution in [3.05, 3.63) is 113 Å². The molecule has 4 fully saturated rings. The zero-order chi connectivity index (χ0) is 37.5. The fraction of sp³-hybridized carbons (Fsp3) is 0.439. The summed E-state index contributed by atoms with van der Waals surface area (Å²) in [5.41, 5.74) is 3.29. The Hall–Kier alpha value is -4.63. The molecule has 3 heterocycles. The van der Waals surface area contributed by atoms with Crippen LogP contribution in [0, 0.1) is 5.41 Å². The number of benzene rings is 3. The molecular weight excluding hydrogens is 694 g/mol. The van der Waals surface area contributed by atoms with E-state index in [-0.39, 0.29) is 45.8 Å². The first kappa shape index (κ1) is 36.4. The Bertz CT molecular complexity index is 1860. The first-order valence-corrected chi connectivity index (χ1v) is 18.5. The number of aliphatic hydroxyl groups excluding tert-OH is 2. The fourth-order valence-corrected chi connectivity index (χ4v) is 8.91. The lowest BCUT2D eigenvalue weighted by Gasteiger charge is -2.50. The van der Waals surface area contributed by atoms with E-state index in [0.29, 0.717) is 12.8 Å². The molecule has 2 aliphatic carbocycles. The maximum atomic E-state index is 15.4. The molecule has 7 atom stereocenters. The van der Waals surface area contributed by atoms with Gasteiger partial charge < -0.3 is 39.4 Å². The molecule has 2 amide bonds. The first-order chi connectivity index (χ1) is 26.2. The van der Waals surface area contributed by atoms with E-state index in [1.807, 2.05) is 66.7 Å². The average molecular weight is 740 g/mol. The van der Waals surface area contributed by atoms with Crippen molar-refractivity contribution in [3.63, 3.8) is 0 Å². The second-order valence-electron chi connectivity index (χ2n) is 14.7. The summed E-state index contributed by atoms with van der Waals surface area (Å²) >= 11 is 0. The van der Waals surface area contributed by atoms with E-state index >= 15 is 4.79 Å². The van der Waals surface area contributed by atoms with Crippen molar-refractivity contribution < 1.29 is 48.4 Å². The van der Waals surface area contributed by atoms with Crippen LogP contribution in [0.3, 0.4) is 0 Å². The SMILES string of the molecule is CN(C(=O)C12CC3OC(=O)C1N(Cc1ccc(C=COCCO)cc1)OC2C1OC2(Cc4ccccc4C2)OC31)C(Cc1ccccc1)C(=O)NCCO. The number of amides is 2. The molecule has 3 saturated heterocycles. The summed E-state index contributed by atoms with van der Waals surface area (Å²) in [5.74, 6) is -2.45. The molecular formula is C41H45N3O10. The molecule has 1 spiro atoms. The van der Waals surface area contributed by atoms with Crippen LogP contribution in [-0.2, 0) is 64.0 Å². The minimum absolute atomic E-state index is 0.0253. The van der Waals surface area contributed by atoms with Crippen LogP contribution in [0.5, 0.6) is 0 Å². The van der Waals surface area contributed by atoms with E-state index in [1.165, 1.54) is 11.2 Å². The maximum absolute atomic E-state index is 15.4. The Morgan fingerprint density at radius 1 is 0.963 bits per heavy atom. The number of nitrogens with zero attached hydrogens (tertiary/aromatic N) is 2. The number of rotatable bonds is 13. The van der Waals surface area contributed by atoms with Crippen molar-refractivity contribution in [2.45, 2.75) is 74.5 Å². The summed E-state index contributed by atoms with van der Waals surface area (Å²) in [6.07, 6.45) is 1.50. The summed E-state index contributed by atoms with van der Waals surface area (Å²) in [5, 5.41) is 22.8. The van der Waals surface area contributed by atoms with Gasteiger partial charge in [0.05, 0.1) is 26.0 Å². The Morgan fingerprint density at radius 2 is 1.67 bits per heavy atom. The lowest BCUT2D eigenvalue weighted by molar-refractivity contribution is -0.218. The molecule has 1 saturated carbocycles. The van der Waals surface area contributed by atoms with Gasteiger partial charge in [0.15, 0.2) is 11.8 Å². The minimum atomic E-state index is -1.48. The molecule has 7 unspecified atom stereocenters. The number of nitrogens with one attached hydrogen (secondary N) is 1. The number of carbonyl (C=O) groups excluding carboxylic acids is 3. The maximum Gasteiger partial charge on any atom is 0.327 e. The Morgan fingerprint density at radius 3 is 2.37 bits per heavy atom. The van der Waals surface area contributed by atoms with Crippen LogP contribution in [0.15, 0.2) is 85.1 Å². The molecule has 2 bridgehead atoms. The van der Waals surface area contributed by atoms with E-state index in [4.69, 9.17) is 28.9 Å². The lowest BCUT2D eigenvalue weighted by Crippen LogP contribution is -2.70. The minimum Gasteiger partial charge on any atom is -0.499 e. The van der Waals surface area contributed by atoms with Gasteiger partial charge in [-0.25, -0.2) is 0 Å². The van der Waals surface area contributed by atoms with Gasteiger partial charge >= 0.3 is 5.97 Å². The average Bonchev–Trinajstić information content (AvgIpc) is 3.86. The molecule has 3 aromatic rings. The van der Waals surface area contributed by atoms with Gasteiger partial charge in [-0.15, -0.1) is 0 Å². The Kier molecular flexibility index (Phi) is 10.0. The zero-order valence-corrected chi connectivity index (χ0v) is 30.0. The van der Waals surface area contributed by atoms with Gasteiger partial charge in [0.2, 0.25) is 11.8 Å². The van der Waals surface area contributed by atoms with Crippen LogP contribution >= 0.6 is 0 Å². The Balaban J connectivity index is 1.14. The summed E-state index contributed by atoms with van der Waals surface area (Å²) in [6.45, 7) is 0.0391. The molecule has 13 heteroatoms. The number of fused-ring (bicyclic) bond motifs is 5. The number of hydroxylamine groups is 2. The second-order valence-corrected chi connectivity index (χ2v) is 14.7. The quantitative estimate of drug-likeness (QED) is 0.134. The normalized spacial score (nSPS) is 28.1. The molecule has 3 aliphatic heterocycles. The van der Waals surface area contributed by atoms with Gasteiger partial charge in [0.1, 0.15) is 42.5 Å². The summed E-state index contributed by atoms with van der Waals surface area (Å²) in [6, 6.07) is 23.0. The van der Waals surface area contributed by atoms with Crippen LogP contribution in [0.2, 0.25) is 0 Å². The third-order valence-corrected chi connectivity index (χ3v) is 11.3. The van der Waals surface area contributed by atoms with Crippen LogP contribution in [0.4, 0.5) is 0 Å². The Labute approximate surface area is 313 Å². The van der Waals surface area contributed by atoms with Gasteiger partial charge in [-0.1, -0.05) is 78.9 Å². The predicted molar refractivity (Wildman–Crippen MR) is 193 cm³/mol. The number of ether oxygens (including phenoxy) is 4. The molecule has 54 heavy (non-hydrogen) atoms. The predicted octanol–water partition coefficient (Wildman–Crippen LogP) is 1.92. The molecule has 3 aromatic carbocycles. The van der Waals surface area contributed by atoms with Gasteiger partial charge in [0.25, 0.3) is 0 Å². The summed E-state index contributed by atoms with van der Waals surface area (Å²) in [4.78, 5) is 51.6. The van der Waals surface area contributed by atoms with Crippen molar-refractivity contribution >= 4 is 23.9 Å². The standard InChI is InChI=1S/C41H45N3O10/c1-43(31(37(47)42-16-17-45)21-27-7-3-2-4-8-27)39(49)41-24-32-33-34(53-40(52-33)22-29-9-5-6-10-30(29)23-40)36(41)54-44(35(41)38(48)51-32)25-28-13-11-26(12-14-28)15-19-50-20-18-46/h2-15,19,31-36,45-46H,16-18,20-25H2,1H3,(H,42,47). The smallest absolute Gasteiger partial charge is 0.327 e. The molecule has 8 rings (SSSR count). The molecule has 3 N–H and O–H groups in total. The highest BCUT2D eigenvalue weighted by molar-refractivity contribution is 5.96. The highest BCUT2D eigenvalue weighted by Gasteiger charge is 2.77. The number of carbonyl (C=O) groups is 3. The van der Waals surface area contributed by atoms with Crippen molar-refractivity contribution in [1.82, 2.24) is 15.3 Å². The van der Waals surface area contributed by atoms with Crippen molar-refractivity contribution in [1.29, 1.82) is 0 Å². The van der Waals surface area contributed by atoms with Gasteiger partial charge in [0, 0.05) is 39.3 Å². The second kappa shape index (κ2) is 14.9. The van der Waals surface area contributed by atoms with Gasteiger partial charge in [-0.2, -0.15) is 5.06 Å². The van der Waals surface area contributed by atoms with Crippen LogP contribution in [-0.4, -0.2) is 114 Å². The largest absolute Gasteiger partial charge is 0.499 e. The van der Waals surface area contributed by atoms with E-state index in [0.717, 1.165) is 27.8 Å². The van der Waals surface area contributed by atoms with Gasteiger partial charge in [-0.05, 0) is 33.9 Å². The van der Waals surface area contributed by atoms with E-state index in [9.17, 15) is 14.7 Å². The molecule has 0 radical (unpaired) electrons. The fourth-order valence-electron chi connectivity index (χ4n) is 8.91. The van der Waals surface area contributed by atoms with Crippen LogP contribution in [0.25, 0.3) is 6.08 Å². The summed E-state index contributed by atoms with van der Waals surface area (Å²) < 4.78 is 25.1. The van der Waals surface area contributed by atoms with E-state index in [2.05, 4.69) is 17.4 Å². The summed E-state index contributed by atoms with van der Waals surface area (Å²) in [7, 11) is 1.59. The lowest BCUT2D eigenvalue weighted by atomic mass is 9.62. The van der Waals surface area contributed by atoms with E-state index in [1.54, 1.807) is 18.2 Å². The first-order valence-electron chi connectivity index (χ1n) is 18.5. The third kappa shape index (κ3) is 6.48. The van der Waals surface area contributed by atoms with Crippen molar-refractivity contribution in [2.75, 3.05) is 33.4 Å². The van der Waals surface area contributed by atoms with Gasteiger partial charge in [-0.3, -0.25) is 19.2 Å². The topological polar surface area (TPSA) is 156 Å². The molecule has 13 nitrogen and oxygen atoms in total. The number of likely N-dealkylation sites (N-methyl/N-ethyl adjacent to an activating group) is 1. The molecule has 5 aliphatic rings. The van der Waals surface area contributed by atoms with Crippen molar-refractivity contribution in [3.8, 4) is 0 Å². The highest BCUT2D eigenvalue weighted by Crippen LogP contribution is 2.59. The third-order valence-electron chi connectivity index (χ3n) is 11.3. The monoisotopic (exact) mass is 739 g/mol. The van der Waals surface area contributed by atoms with Crippen molar-refractivity contribution in [2.24, 2.45) is 5.41 Å². The zero-order valence-electron chi connectivity index (χ0n) is 30.0. The number of hydrogen-bond acceptors (Lipinski definition) is 11.